The second-order valence-corrected chi connectivity index (χ2v) is 7.34. The van der Waals surface area contributed by atoms with Crippen molar-refractivity contribution in [1.29, 1.82) is 0 Å². The molecule has 2 N–H and O–H groups in total. The molecule has 2 heterocycles. The van der Waals surface area contributed by atoms with Crippen molar-refractivity contribution in [3.63, 3.8) is 0 Å². The van der Waals surface area contributed by atoms with Crippen molar-refractivity contribution in [3.05, 3.63) is 77.1 Å². The van der Waals surface area contributed by atoms with Gasteiger partial charge < -0.3 is 15.0 Å². The first kappa shape index (κ1) is 23.4. The topological polar surface area (TPSA) is 95.5 Å². The van der Waals surface area contributed by atoms with E-state index in [1.165, 1.54) is 0 Å². The molecular weight excluding hydrogens is 428 g/mol. The Balaban J connectivity index is 0.00000289. The molecule has 1 saturated heterocycles. The Labute approximate surface area is 193 Å². The Hall–Kier alpha value is -3.23. The predicted molar refractivity (Wildman–Crippen MR) is 126 cm³/mol. The van der Waals surface area contributed by atoms with E-state index in [0.29, 0.717) is 36.1 Å². The first-order valence-electron chi connectivity index (χ1n) is 10.4. The van der Waals surface area contributed by atoms with Crippen LogP contribution in [0.5, 0.6) is 0 Å². The Morgan fingerprint density at radius 3 is 2.56 bits per heavy atom. The lowest BCUT2D eigenvalue weighted by Crippen LogP contribution is -2.46. The molecule has 8 nitrogen and oxygen atoms in total. The maximum absolute atomic E-state index is 12.8. The van der Waals surface area contributed by atoms with Crippen LogP contribution < -0.4 is 5.32 Å². The Bertz CT molecular complexity index is 1060. The molecule has 3 aromatic rings. The van der Waals surface area contributed by atoms with Gasteiger partial charge in [0.1, 0.15) is 0 Å². The van der Waals surface area contributed by atoms with Gasteiger partial charge in [0.05, 0.1) is 13.2 Å². The van der Waals surface area contributed by atoms with Gasteiger partial charge in [-0.2, -0.15) is 15.1 Å². The molecule has 0 radical (unpaired) electrons. The van der Waals surface area contributed by atoms with Gasteiger partial charge in [0.25, 0.3) is 0 Å². The molecule has 1 atom stereocenters. The number of aromatic amines is 1. The maximum atomic E-state index is 12.8. The zero-order valence-electron chi connectivity index (χ0n) is 18.1. The minimum absolute atomic E-state index is 0. The molecule has 1 fully saturated rings. The highest BCUT2D eigenvalue weighted by Crippen LogP contribution is 2.24. The van der Waals surface area contributed by atoms with Gasteiger partial charge in [0.15, 0.2) is 11.6 Å². The number of benzene rings is 2. The van der Waals surface area contributed by atoms with Crippen molar-refractivity contribution in [2.24, 2.45) is 4.99 Å². The summed E-state index contributed by atoms with van der Waals surface area (Å²) in [5, 5.41) is 10.4. The molecule has 0 bridgehead atoms. The number of morpholine rings is 1. The highest BCUT2D eigenvalue weighted by molar-refractivity contribution is 6.09. The van der Waals surface area contributed by atoms with Crippen molar-refractivity contribution < 1.29 is 9.53 Å². The van der Waals surface area contributed by atoms with Gasteiger partial charge in [-0.3, -0.25) is 4.79 Å². The van der Waals surface area contributed by atoms with Crippen molar-refractivity contribution >= 4 is 30.1 Å². The van der Waals surface area contributed by atoms with Gasteiger partial charge in [-0.1, -0.05) is 55.5 Å². The van der Waals surface area contributed by atoms with Gasteiger partial charge in [-0.25, -0.2) is 5.10 Å². The number of hydrogen-bond acceptors (Lipinski definition) is 5. The molecule has 1 aliphatic rings. The third-order valence-corrected chi connectivity index (χ3v) is 5.31. The lowest BCUT2D eigenvalue weighted by Gasteiger charge is -2.29. The number of carbonyl (C=O) groups is 1. The largest absolute Gasteiger partial charge is 0.378 e. The number of aliphatic imine (C=N–C) groups is 1. The first-order chi connectivity index (χ1) is 15.2. The fourth-order valence-electron chi connectivity index (χ4n) is 3.52. The molecule has 1 aromatic heterocycles. The third kappa shape index (κ3) is 5.33. The van der Waals surface area contributed by atoms with Gasteiger partial charge in [0.2, 0.25) is 11.9 Å². The number of H-pyrrole nitrogens is 1. The number of hydrogen-bond donors (Lipinski definition) is 2. The SMILES string of the molecule is CN/C(=N\c1nc(C(C)c2cccc(C(=O)c3ccccc3)c2)n[nH]1)N1CCOCC1.Cl. The van der Waals surface area contributed by atoms with Crippen LogP contribution in [0, 0.1) is 0 Å². The molecule has 0 amide bonds. The highest BCUT2D eigenvalue weighted by Gasteiger charge is 2.18. The monoisotopic (exact) mass is 454 g/mol. The summed E-state index contributed by atoms with van der Waals surface area (Å²) in [7, 11) is 1.84. The molecule has 0 aliphatic carbocycles. The molecule has 1 unspecified atom stereocenters. The molecule has 4 rings (SSSR count). The van der Waals surface area contributed by atoms with E-state index in [0.717, 1.165) is 24.6 Å². The van der Waals surface area contributed by atoms with Crippen molar-refractivity contribution in [3.8, 4) is 0 Å². The number of aromatic nitrogens is 3. The van der Waals surface area contributed by atoms with E-state index in [9.17, 15) is 4.79 Å². The Morgan fingerprint density at radius 2 is 1.84 bits per heavy atom. The number of rotatable bonds is 5. The molecule has 0 saturated carbocycles. The molecule has 1 aliphatic heterocycles. The molecule has 0 spiro atoms. The van der Waals surface area contributed by atoms with Crippen LogP contribution in [-0.2, 0) is 4.74 Å². The number of ether oxygens (including phenoxy) is 1. The lowest BCUT2D eigenvalue weighted by atomic mass is 9.95. The highest BCUT2D eigenvalue weighted by atomic mass is 35.5. The Kier molecular flexibility index (Phi) is 7.97. The Morgan fingerprint density at radius 1 is 1.12 bits per heavy atom. The maximum Gasteiger partial charge on any atom is 0.248 e. The number of carbonyl (C=O) groups excluding carboxylic acids is 1. The third-order valence-electron chi connectivity index (χ3n) is 5.31. The summed E-state index contributed by atoms with van der Waals surface area (Å²) >= 11 is 0. The predicted octanol–water partition coefficient (Wildman–Crippen LogP) is 3.15. The summed E-state index contributed by atoms with van der Waals surface area (Å²) in [5.41, 5.74) is 2.29. The van der Waals surface area contributed by atoms with Gasteiger partial charge in [-0.15, -0.1) is 12.4 Å². The standard InChI is InChI=1S/C23H26N6O2.ClH/c1-16(18-9-6-10-19(15-18)20(30)17-7-4-3-5-8-17)21-25-22(28-27-21)26-23(24-2)29-11-13-31-14-12-29;/h3-10,15-16H,11-14H2,1-2H3,(H2,24,25,26,27,28);1H. The molecule has 32 heavy (non-hydrogen) atoms. The average molecular weight is 455 g/mol. The summed E-state index contributed by atoms with van der Waals surface area (Å²) in [6, 6.07) is 16.9. The molecule has 2 aromatic carbocycles. The molecular formula is C23H27ClN6O2. The number of nitrogens with one attached hydrogen (secondary N) is 2. The minimum Gasteiger partial charge on any atom is -0.378 e. The zero-order valence-corrected chi connectivity index (χ0v) is 18.9. The van der Waals surface area contributed by atoms with E-state index in [1.54, 1.807) is 0 Å². The van der Waals surface area contributed by atoms with Crippen LogP contribution in [0.25, 0.3) is 0 Å². The quantitative estimate of drug-likeness (QED) is 0.349. The molecule has 9 heteroatoms. The number of guanidine groups is 1. The van der Waals surface area contributed by atoms with E-state index >= 15 is 0 Å². The van der Waals surface area contributed by atoms with Crippen molar-refractivity contribution in [1.82, 2.24) is 25.4 Å². The number of nitrogens with zero attached hydrogens (tertiary/aromatic N) is 4. The smallest absolute Gasteiger partial charge is 0.248 e. The van der Waals surface area contributed by atoms with Crippen LogP contribution >= 0.6 is 12.4 Å². The van der Waals surface area contributed by atoms with Crippen molar-refractivity contribution in [2.45, 2.75) is 12.8 Å². The van der Waals surface area contributed by atoms with Crippen LogP contribution in [0.3, 0.4) is 0 Å². The van der Waals surface area contributed by atoms with Gasteiger partial charge >= 0.3 is 0 Å². The normalized spacial score (nSPS) is 15.1. The second-order valence-electron chi connectivity index (χ2n) is 7.34. The summed E-state index contributed by atoms with van der Waals surface area (Å²) in [5.74, 6) is 1.70. The van der Waals surface area contributed by atoms with E-state index in [-0.39, 0.29) is 24.1 Å². The number of ketones is 1. The fourth-order valence-corrected chi connectivity index (χ4v) is 3.52. The minimum atomic E-state index is -0.0925. The first-order valence-corrected chi connectivity index (χ1v) is 10.4. The summed E-state index contributed by atoms with van der Waals surface area (Å²) in [6.07, 6.45) is 0. The van der Waals surface area contributed by atoms with E-state index in [2.05, 4.69) is 30.4 Å². The lowest BCUT2D eigenvalue weighted by molar-refractivity contribution is 0.0667. The van der Waals surface area contributed by atoms with E-state index < -0.39 is 0 Å². The fraction of sp³-hybridized carbons (Fsp3) is 0.304. The second kappa shape index (κ2) is 10.9. The van der Waals surface area contributed by atoms with Crippen LogP contribution in [0.1, 0.15) is 40.2 Å². The van der Waals surface area contributed by atoms with Crippen LogP contribution in [0.2, 0.25) is 0 Å². The van der Waals surface area contributed by atoms with Crippen LogP contribution in [0.4, 0.5) is 5.95 Å². The van der Waals surface area contributed by atoms with Crippen LogP contribution in [-0.4, -0.2) is 65.2 Å². The van der Waals surface area contributed by atoms with Gasteiger partial charge in [0, 0.05) is 37.2 Å². The zero-order chi connectivity index (χ0) is 21.6. The van der Waals surface area contributed by atoms with Crippen molar-refractivity contribution in [2.75, 3.05) is 33.4 Å². The number of halogens is 1. The van der Waals surface area contributed by atoms with Crippen LogP contribution in [0.15, 0.2) is 59.6 Å². The summed E-state index contributed by atoms with van der Waals surface area (Å²) in [6.45, 7) is 4.93. The van der Waals surface area contributed by atoms with E-state index in [1.807, 2.05) is 68.6 Å². The molecule has 168 valence electrons. The van der Waals surface area contributed by atoms with E-state index in [4.69, 9.17) is 4.74 Å². The van der Waals surface area contributed by atoms with Gasteiger partial charge in [-0.05, 0) is 11.6 Å². The average Bonchev–Trinajstić information content (AvgIpc) is 3.31. The summed E-state index contributed by atoms with van der Waals surface area (Å²) < 4.78 is 5.40. The summed E-state index contributed by atoms with van der Waals surface area (Å²) in [4.78, 5) is 24.0.